The number of nitrogens with zero attached hydrogens (tertiary/aromatic N) is 4. The first kappa shape index (κ1) is 21.1. The fourth-order valence-corrected chi connectivity index (χ4v) is 4.35. The van der Waals surface area contributed by atoms with Crippen LogP contribution in [0.15, 0.2) is 59.1 Å². The van der Waals surface area contributed by atoms with E-state index in [-0.39, 0.29) is 11.7 Å². The SMILES string of the molecule is COc1ccc(-c2nnc(SCC(=O)Nc3nc(-c4ccc(C)cc4)cs3)n2C)cc1. The minimum Gasteiger partial charge on any atom is -0.497 e. The summed E-state index contributed by atoms with van der Waals surface area (Å²) >= 11 is 2.74. The van der Waals surface area contributed by atoms with Crippen molar-refractivity contribution in [1.29, 1.82) is 0 Å². The number of benzene rings is 2. The van der Waals surface area contributed by atoms with Crippen molar-refractivity contribution in [3.05, 3.63) is 59.5 Å². The Bertz CT molecular complexity index is 1180. The van der Waals surface area contributed by atoms with Crippen molar-refractivity contribution in [3.63, 3.8) is 0 Å². The summed E-state index contributed by atoms with van der Waals surface area (Å²) in [5.74, 6) is 1.59. The molecule has 0 saturated carbocycles. The molecule has 2 heterocycles. The fraction of sp³-hybridized carbons (Fsp3) is 0.182. The Balaban J connectivity index is 1.36. The highest BCUT2D eigenvalue weighted by Crippen LogP contribution is 2.27. The average Bonchev–Trinajstić information content (AvgIpc) is 3.39. The Morgan fingerprint density at radius 1 is 1.10 bits per heavy atom. The second-order valence-corrected chi connectivity index (χ2v) is 8.64. The number of aromatic nitrogens is 4. The van der Waals surface area contributed by atoms with E-state index in [2.05, 4.69) is 20.5 Å². The Kier molecular flexibility index (Phi) is 6.34. The van der Waals surface area contributed by atoms with Crippen LogP contribution in [0.1, 0.15) is 5.56 Å². The van der Waals surface area contributed by atoms with Gasteiger partial charge in [0, 0.05) is 23.6 Å². The lowest BCUT2D eigenvalue weighted by Gasteiger charge is -2.05. The average molecular weight is 452 g/mol. The van der Waals surface area contributed by atoms with Gasteiger partial charge in [0.2, 0.25) is 5.91 Å². The molecule has 0 spiro atoms. The largest absolute Gasteiger partial charge is 0.497 e. The Morgan fingerprint density at radius 2 is 1.81 bits per heavy atom. The minimum atomic E-state index is -0.135. The zero-order valence-corrected chi connectivity index (χ0v) is 19.0. The van der Waals surface area contributed by atoms with Gasteiger partial charge in [-0.2, -0.15) is 0 Å². The molecule has 1 amide bonds. The van der Waals surface area contributed by atoms with Crippen molar-refractivity contribution in [1.82, 2.24) is 19.7 Å². The number of carbonyl (C=O) groups excluding carboxylic acids is 1. The number of thioether (sulfide) groups is 1. The van der Waals surface area contributed by atoms with Crippen LogP contribution >= 0.6 is 23.1 Å². The van der Waals surface area contributed by atoms with Gasteiger partial charge >= 0.3 is 0 Å². The van der Waals surface area contributed by atoms with Crippen LogP contribution in [0.25, 0.3) is 22.6 Å². The summed E-state index contributed by atoms with van der Waals surface area (Å²) in [6.45, 7) is 2.05. The summed E-state index contributed by atoms with van der Waals surface area (Å²) in [4.78, 5) is 16.9. The van der Waals surface area contributed by atoms with Gasteiger partial charge in [-0.05, 0) is 31.2 Å². The van der Waals surface area contributed by atoms with Crippen LogP contribution in [0, 0.1) is 6.92 Å². The molecule has 0 fully saturated rings. The van der Waals surface area contributed by atoms with Gasteiger partial charge in [0.25, 0.3) is 0 Å². The summed E-state index contributed by atoms with van der Waals surface area (Å²) in [7, 11) is 3.51. The molecule has 2 aromatic carbocycles. The maximum absolute atomic E-state index is 12.4. The van der Waals surface area contributed by atoms with Gasteiger partial charge in [0.1, 0.15) is 5.75 Å². The third-order valence-corrected chi connectivity index (χ3v) is 6.39. The van der Waals surface area contributed by atoms with E-state index in [1.165, 1.54) is 28.7 Å². The van der Waals surface area contributed by atoms with E-state index in [4.69, 9.17) is 4.74 Å². The number of thiazole rings is 1. The summed E-state index contributed by atoms with van der Waals surface area (Å²) in [5.41, 5.74) is 4.01. The Hall–Kier alpha value is -3.17. The molecule has 0 radical (unpaired) electrons. The zero-order valence-electron chi connectivity index (χ0n) is 17.3. The topological polar surface area (TPSA) is 81.9 Å². The fourth-order valence-electron chi connectivity index (χ4n) is 2.91. The molecule has 2 aromatic heterocycles. The number of nitrogens with one attached hydrogen (secondary N) is 1. The van der Waals surface area contributed by atoms with Crippen molar-refractivity contribution in [3.8, 4) is 28.4 Å². The van der Waals surface area contributed by atoms with Gasteiger partial charge in [-0.15, -0.1) is 21.5 Å². The van der Waals surface area contributed by atoms with Gasteiger partial charge in [-0.25, -0.2) is 4.98 Å². The van der Waals surface area contributed by atoms with Gasteiger partial charge in [0.05, 0.1) is 18.6 Å². The molecule has 0 saturated heterocycles. The Morgan fingerprint density at radius 3 is 2.52 bits per heavy atom. The van der Waals surface area contributed by atoms with E-state index in [1.54, 1.807) is 7.11 Å². The molecule has 0 atom stereocenters. The Labute approximate surface area is 188 Å². The van der Waals surface area contributed by atoms with Gasteiger partial charge in [-0.1, -0.05) is 41.6 Å². The third kappa shape index (κ3) is 4.95. The minimum absolute atomic E-state index is 0.135. The van der Waals surface area contributed by atoms with Crippen LogP contribution in [-0.4, -0.2) is 38.5 Å². The number of anilines is 1. The van der Waals surface area contributed by atoms with Gasteiger partial charge < -0.3 is 14.6 Å². The molecular formula is C22H21N5O2S2. The van der Waals surface area contributed by atoms with Crippen molar-refractivity contribution in [2.75, 3.05) is 18.2 Å². The second kappa shape index (κ2) is 9.32. The molecule has 7 nitrogen and oxygen atoms in total. The number of methoxy groups -OCH3 is 1. The first-order chi connectivity index (χ1) is 15.0. The van der Waals surface area contributed by atoms with E-state index in [0.717, 1.165) is 28.4 Å². The van der Waals surface area contributed by atoms with Gasteiger partial charge in [0.15, 0.2) is 16.1 Å². The van der Waals surface area contributed by atoms with E-state index in [1.807, 2.05) is 72.4 Å². The molecule has 0 aliphatic heterocycles. The molecule has 9 heteroatoms. The lowest BCUT2D eigenvalue weighted by atomic mass is 10.1. The number of ether oxygens (including phenoxy) is 1. The van der Waals surface area contributed by atoms with Crippen molar-refractivity contribution < 1.29 is 9.53 Å². The molecule has 0 aliphatic carbocycles. The number of aryl methyl sites for hydroxylation is 1. The van der Waals surface area contributed by atoms with Crippen molar-refractivity contribution in [2.24, 2.45) is 7.05 Å². The number of amides is 1. The molecule has 1 N–H and O–H groups in total. The lowest BCUT2D eigenvalue weighted by molar-refractivity contribution is -0.113. The highest BCUT2D eigenvalue weighted by molar-refractivity contribution is 7.99. The number of carbonyl (C=O) groups is 1. The number of hydrogen-bond acceptors (Lipinski definition) is 7. The highest BCUT2D eigenvalue weighted by Gasteiger charge is 2.14. The van der Waals surface area contributed by atoms with Crippen LogP contribution in [-0.2, 0) is 11.8 Å². The molecule has 0 unspecified atom stereocenters. The smallest absolute Gasteiger partial charge is 0.236 e. The highest BCUT2D eigenvalue weighted by atomic mass is 32.2. The number of hydrogen-bond donors (Lipinski definition) is 1. The first-order valence-corrected chi connectivity index (χ1v) is 11.4. The molecule has 31 heavy (non-hydrogen) atoms. The quantitative estimate of drug-likeness (QED) is 0.412. The number of rotatable bonds is 7. The van der Waals surface area contributed by atoms with E-state index >= 15 is 0 Å². The maximum atomic E-state index is 12.4. The third-order valence-electron chi connectivity index (χ3n) is 4.61. The first-order valence-electron chi connectivity index (χ1n) is 9.52. The maximum Gasteiger partial charge on any atom is 0.236 e. The van der Waals surface area contributed by atoms with Crippen LogP contribution in [0.3, 0.4) is 0 Å². The predicted octanol–water partition coefficient (Wildman–Crippen LogP) is 4.65. The molecule has 158 valence electrons. The van der Waals surface area contributed by atoms with Gasteiger partial charge in [-0.3, -0.25) is 4.79 Å². The van der Waals surface area contributed by atoms with E-state index in [0.29, 0.717) is 10.3 Å². The van der Waals surface area contributed by atoms with E-state index in [9.17, 15) is 4.79 Å². The zero-order chi connectivity index (χ0) is 21.8. The molecule has 0 aliphatic rings. The summed E-state index contributed by atoms with van der Waals surface area (Å²) in [6, 6.07) is 15.8. The standard InChI is InChI=1S/C22H21N5O2S2/c1-14-4-6-15(7-5-14)18-12-30-21(23-18)24-19(28)13-31-22-26-25-20(27(22)2)16-8-10-17(29-3)11-9-16/h4-12H,13H2,1-3H3,(H,23,24,28). The monoisotopic (exact) mass is 451 g/mol. The molecular weight excluding hydrogens is 430 g/mol. The lowest BCUT2D eigenvalue weighted by Crippen LogP contribution is -2.14. The van der Waals surface area contributed by atoms with Crippen LogP contribution in [0.4, 0.5) is 5.13 Å². The van der Waals surface area contributed by atoms with Crippen LogP contribution < -0.4 is 10.1 Å². The van der Waals surface area contributed by atoms with Crippen molar-refractivity contribution in [2.45, 2.75) is 12.1 Å². The normalized spacial score (nSPS) is 10.8. The summed E-state index contributed by atoms with van der Waals surface area (Å²) in [5, 5.41) is 14.5. The second-order valence-electron chi connectivity index (χ2n) is 6.83. The molecule has 0 bridgehead atoms. The molecule has 4 rings (SSSR count). The predicted molar refractivity (Wildman–Crippen MR) is 125 cm³/mol. The van der Waals surface area contributed by atoms with Crippen molar-refractivity contribution >= 4 is 34.1 Å². The molecule has 4 aromatic rings. The van der Waals surface area contributed by atoms with E-state index < -0.39 is 0 Å². The summed E-state index contributed by atoms with van der Waals surface area (Å²) < 4.78 is 7.06. The van der Waals surface area contributed by atoms with Crippen LogP contribution in [0.5, 0.6) is 5.75 Å². The summed E-state index contributed by atoms with van der Waals surface area (Å²) in [6.07, 6.45) is 0. The van der Waals surface area contributed by atoms with Crippen LogP contribution in [0.2, 0.25) is 0 Å².